The standard InChI is InChI=1S/C21H24F3NO3Se/c1-3-19(27)28-12-7-5-6-8-13-29-17-14-18(26)25(4-2)20-15(17)10-9-11-16(20)21(22,23)24/h3,9-11,14H,1,4-8,12-13H2,2H3. The Labute approximate surface area is 173 Å². The Morgan fingerprint density at radius 1 is 1.24 bits per heavy atom. The van der Waals surface area contributed by atoms with Crippen molar-refractivity contribution >= 4 is 36.3 Å². The third kappa shape index (κ3) is 6.21. The fourth-order valence-electron chi connectivity index (χ4n) is 3.04. The first-order valence-electron chi connectivity index (χ1n) is 9.45. The molecule has 0 unspecified atom stereocenters. The molecule has 0 aliphatic carbocycles. The number of carbonyl (C=O) groups is 1. The summed E-state index contributed by atoms with van der Waals surface area (Å²) in [6, 6.07) is 5.59. The first kappa shape index (κ1) is 23.2. The zero-order valence-electron chi connectivity index (χ0n) is 16.3. The van der Waals surface area contributed by atoms with Gasteiger partial charge in [0, 0.05) is 0 Å². The number of benzene rings is 1. The summed E-state index contributed by atoms with van der Waals surface area (Å²) in [5.41, 5.74) is -1.17. The van der Waals surface area contributed by atoms with Crippen LogP contribution in [0.5, 0.6) is 0 Å². The number of pyridine rings is 1. The predicted octanol–water partition coefficient (Wildman–Crippen LogP) is 4.08. The molecule has 0 aliphatic heterocycles. The van der Waals surface area contributed by atoms with Gasteiger partial charge in [-0.25, -0.2) is 0 Å². The maximum absolute atomic E-state index is 13.5. The summed E-state index contributed by atoms with van der Waals surface area (Å²) in [6.45, 7) is 5.54. The zero-order chi connectivity index (χ0) is 21.4. The van der Waals surface area contributed by atoms with E-state index in [0.717, 1.165) is 43.1 Å². The molecule has 0 bridgehead atoms. The van der Waals surface area contributed by atoms with E-state index in [1.54, 1.807) is 13.0 Å². The summed E-state index contributed by atoms with van der Waals surface area (Å²) < 4.78 is 47.3. The number of hydrogen-bond donors (Lipinski definition) is 0. The third-order valence-electron chi connectivity index (χ3n) is 4.42. The van der Waals surface area contributed by atoms with Crippen LogP contribution in [0.3, 0.4) is 0 Å². The second-order valence-electron chi connectivity index (χ2n) is 6.42. The van der Waals surface area contributed by atoms with Crippen LogP contribution in [0.25, 0.3) is 10.9 Å². The molecular weight excluding hydrogens is 450 g/mol. The monoisotopic (exact) mass is 475 g/mol. The second kappa shape index (κ2) is 10.6. The summed E-state index contributed by atoms with van der Waals surface area (Å²) in [7, 11) is 0. The fourth-order valence-corrected chi connectivity index (χ4v) is 5.30. The minimum absolute atomic E-state index is 0.0177. The van der Waals surface area contributed by atoms with Crippen molar-refractivity contribution in [2.45, 2.75) is 50.6 Å². The van der Waals surface area contributed by atoms with Crippen molar-refractivity contribution in [3.63, 3.8) is 0 Å². The van der Waals surface area contributed by atoms with Crippen LogP contribution in [0.1, 0.15) is 38.2 Å². The molecular formula is C21H24F3NO3Se. The van der Waals surface area contributed by atoms with Crippen LogP contribution in [0.4, 0.5) is 13.2 Å². The van der Waals surface area contributed by atoms with E-state index in [1.807, 2.05) is 0 Å². The zero-order valence-corrected chi connectivity index (χ0v) is 18.0. The van der Waals surface area contributed by atoms with Crippen LogP contribution in [-0.2, 0) is 22.3 Å². The molecule has 1 aromatic carbocycles. The molecule has 1 aromatic heterocycles. The number of nitrogens with zero attached hydrogens (tertiary/aromatic N) is 1. The summed E-state index contributed by atoms with van der Waals surface area (Å²) in [5, 5.41) is 1.35. The van der Waals surface area contributed by atoms with Crippen molar-refractivity contribution in [2.75, 3.05) is 6.61 Å². The van der Waals surface area contributed by atoms with Crippen LogP contribution in [-0.4, -0.2) is 32.1 Å². The van der Waals surface area contributed by atoms with Crippen LogP contribution >= 0.6 is 0 Å². The summed E-state index contributed by atoms with van der Waals surface area (Å²) in [6.07, 6.45) is 0.124. The number of fused-ring (bicyclic) bond motifs is 1. The first-order chi connectivity index (χ1) is 13.8. The van der Waals surface area contributed by atoms with Gasteiger partial charge in [0.1, 0.15) is 0 Å². The van der Waals surface area contributed by atoms with Gasteiger partial charge in [0.15, 0.2) is 0 Å². The maximum atomic E-state index is 13.5. The average Bonchev–Trinajstić information content (AvgIpc) is 2.68. The van der Waals surface area contributed by atoms with Gasteiger partial charge < -0.3 is 0 Å². The van der Waals surface area contributed by atoms with E-state index in [1.165, 1.54) is 16.7 Å². The molecule has 0 saturated heterocycles. The number of unbranched alkanes of at least 4 members (excludes halogenated alkanes) is 3. The Balaban J connectivity index is 2.06. The number of rotatable bonds is 10. The molecule has 0 atom stereocenters. The summed E-state index contributed by atoms with van der Waals surface area (Å²) >= 11 is -0.0935. The van der Waals surface area contributed by atoms with E-state index in [0.29, 0.717) is 16.5 Å². The Kier molecular flexibility index (Phi) is 8.53. The SMILES string of the molecule is C=CC(=O)OCCCCCC[Se]c1cc(=O)n(CC)c2c(C(F)(F)F)cccc12. The van der Waals surface area contributed by atoms with E-state index >= 15 is 0 Å². The number of halogens is 3. The van der Waals surface area contributed by atoms with Gasteiger partial charge >= 0.3 is 174 Å². The molecule has 29 heavy (non-hydrogen) atoms. The number of aryl methyl sites for hydroxylation is 1. The molecule has 158 valence electrons. The van der Waals surface area contributed by atoms with E-state index in [-0.39, 0.29) is 27.0 Å². The molecule has 0 aliphatic rings. The van der Waals surface area contributed by atoms with Crippen molar-refractivity contribution in [2.24, 2.45) is 0 Å². The Morgan fingerprint density at radius 2 is 1.97 bits per heavy atom. The molecule has 0 amide bonds. The predicted molar refractivity (Wildman–Crippen MR) is 109 cm³/mol. The van der Waals surface area contributed by atoms with Crippen molar-refractivity contribution in [1.29, 1.82) is 0 Å². The molecule has 2 aromatic rings. The number of aromatic nitrogens is 1. The number of carbonyl (C=O) groups excluding carboxylic acids is 1. The van der Waals surface area contributed by atoms with Gasteiger partial charge in [-0.1, -0.05) is 0 Å². The third-order valence-corrected chi connectivity index (χ3v) is 6.82. The number of hydrogen-bond acceptors (Lipinski definition) is 3. The van der Waals surface area contributed by atoms with Gasteiger partial charge in [-0.15, -0.1) is 0 Å². The summed E-state index contributed by atoms with van der Waals surface area (Å²) in [4.78, 5) is 23.3. The summed E-state index contributed by atoms with van der Waals surface area (Å²) in [5.74, 6) is -0.430. The number of ether oxygens (including phenoxy) is 1. The number of esters is 1. The van der Waals surface area contributed by atoms with Crippen LogP contribution in [0.15, 0.2) is 41.7 Å². The van der Waals surface area contributed by atoms with Crippen LogP contribution in [0, 0.1) is 0 Å². The van der Waals surface area contributed by atoms with E-state index in [2.05, 4.69) is 6.58 Å². The quantitative estimate of drug-likeness (QED) is 0.226. The molecule has 0 saturated carbocycles. The van der Waals surface area contributed by atoms with E-state index in [4.69, 9.17) is 4.74 Å². The van der Waals surface area contributed by atoms with Gasteiger partial charge in [-0.2, -0.15) is 0 Å². The molecule has 0 N–H and O–H groups in total. The Bertz CT molecular complexity index is 922. The first-order valence-corrected chi connectivity index (χ1v) is 11.5. The van der Waals surface area contributed by atoms with E-state index in [9.17, 15) is 22.8 Å². The van der Waals surface area contributed by atoms with E-state index < -0.39 is 23.3 Å². The number of para-hydroxylation sites is 1. The van der Waals surface area contributed by atoms with Crippen molar-refractivity contribution < 1.29 is 22.7 Å². The topological polar surface area (TPSA) is 48.3 Å². The molecule has 0 spiro atoms. The van der Waals surface area contributed by atoms with Crippen molar-refractivity contribution in [3.05, 3.63) is 52.8 Å². The van der Waals surface area contributed by atoms with Gasteiger partial charge in [0.05, 0.1) is 0 Å². The van der Waals surface area contributed by atoms with Crippen molar-refractivity contribution in [1.82, 2.24) is 4.57 Å². The van der Waals surface area contributed by atoms with Crippen molar-refractivity contribution in [3.8, 4) is 0 Å². The minimum atomic E-state index is -4.51. The number of alkyl halides is 3. The van der Waals surface area contributed by atoms with Crippen LogP contribution in [0.2, 0.25) is 5.32 Å². The average molecular weight is 474 g/mol. The van der Waals surface area contributed by atoms with Gasteiger partial charge in [0.25, 0.3) is 0 Å². The molecule has 2 rings (SSSR count). The van der Waals surface area contributed by atoms with Gasteiger partial charge in [0.2, 0.25) is 0 Å². The van der Waals surface area contributed by atoms with Crippen LogP contribution < -0.4 is 10.0 Å². The molecule has 8 heteroatoms. The normalized spacial score (nSPS) is 11.6. The Morgan fingerprint density at radius 3 is 2.62 bits per heavy atom. The fraction of sp³-hybridized carbons (Fsp3) is 0.429. The molecule has 0 radical (unpaired) electrons. The molecule has 0 fully saturated rings. The van der Waals surface area contributed by atoms with Gasteiger partial charge in [-0.05, 0) is 0 Å². The molecule has 4 nitrogen and oxygen atoms in total. The Hall–Kier alpha value is -2.05. The van der Waals surface area contributed by atoms with Gasteiger partial charge in [-0.3, -0.25) is 0 Å². The molecule has 1 heterocycles. The second-order valence-corrected chi connectivity index (χ2v) is 8.81.